The Labute approximate surface area is 114 Å². The first-order chi connectivity index (χ1) is 9.07. The summed E-state index contributed by atoms with van der Waals surface area (Å²) in [5, 5.41) is 8.85. The molecule has 1 fully saturated rings. The van der Waals surface area contributed by atoms with Crippen molar-refractivity contribution in [3.05, 3.63) is 29.8 Å². The first-order valence-corrected chi connectivity index (χ1v) is 8.02. The quantitative estimate of drug-likeness (QED) is 0.849. The second kappa shape index (κ2) is 5.72. The van der Waals surface area contributed by atoms with Gasteiger partial charge < -0.3 is 0 Å². The molecule has 0 saturated carbocycles. The second-order valence-corrected chi connectivity index (χ2v) is 6.88. The number of hydrogen-bond acceptors (Lipinski definition) is 3. The van der Waals surface area contributed by atoms with Gasteiger partial charge in [0, 0.05) is 13.1 Å². The summed E-state index contributed by atoms with van der Waals surface area (Å²) < 4.78 is 26.5. The molecule has 0 N–H and O–H groups in total. The van der Waals surface area contributed by atoms with Crippen LogP contribution in [0.25, 0.3) is 0 Å². The minimum Gasteiger partial charge on any atom is -0.207 e. The zero-order valence-electron chi connectivity index (χ0n) is 11.0. The minimum absolute atomic E-state index is 0.226. The van der Waals surface area contributed by atoms with E-state index in [9.17, 15) is 8.42 Å². The fourth-order valence-electron chi connectivity index (χ4n) is 2.53. The molecule has 1 atom stereocenters. The normalized spacial score (nSPS) is 20.3. The van der Waals surface area contributed by atoms with Gasteiger partial charge in [-0.3, -0.25) is 0 Å². The predicted molar refractivity (Wildman–Crippen MR) is 72.9 cm³/mol. The Hall–Kier alpha value is -1.38. The molecule has 0 spiro atoms. The topological polar surface area (TPSA) is 61.2 Å². The summed E-state index contributed by atoms with van der Waals surface area (Å²) in [6.07, 6.45) is 3.09. The maximum Gasteiger partial charge on any atom is 0.243 e. The third-order valence-electron chi connectivity index (χ3n) is 3.55. The highest BCUT2D eigenvalue weighted by atomic mass is 32.2. The Balaban J connectivity index is 2.21. The smallest absolute Gasteiger partial charge is 0.207 e. The van der Waals surface area contributed by atoms with Crippen molar-refractivity contribution in [2.45, 2.75) is 31.1 Å². The molecule has 2 rings (SSSR count). The van der Waals surface area contributed by atoms with Gasteiger partial charge in [-0.05, 0) is 37.0 Å². The van der Waals surface area contributed by atoms with E-state index in [-0.39, 0.29) is 4.90 Å². The molecule has 5 heteroatoms. The molecular formula is C14H18N2O2S. The first-order valence-electron chi connectivity index (χ1n) is 6.58. The zero-order chi connectivity index (χ0) is 13.9. The van der Waals surface area contributed by atoms with Crippen molar-refractivity contribution in [2.75, 3.05) is 13.1 Å². The predicted octanol–water partition coefficient (Wildman–Crippen LogP) is 2.37. The van der Waals surface area contributed by atoms with Crippen molar-refractivity contribution in [1.29, 1.82) is 5.26 Å². The molecule has 1 aromatic carbocycles. The van der Waals surface area contributed by atoms with Gasteiger partial charge in [0.1, 0.15) is 0 Å². The Bertz CT molecular complexity index is 590. The highest BCUT2D eigenvalue weighted by Gasteiger charge is 2.32. The van der Waals surface area contributed by atoms with Crippen molar-refractivity contribution in [2.24, 2.45) is 5.92 Å². The molecule has 4 nitrogen and oxygen atoms in total. The van der Waals surface area contributed by atoms with Crippen molar-refractivity contribution < 1.29 is 8.42 Å². The van der Waals surface area contributed by atoms with Gasteiger partial charge in [-0.15, -0.1) is 0 Å². The summed E-state index contributed by atoms with van der Waals surface area (Å²) in [6.45, 7) is 3.31. The summed E-state index contributed by atoms with van der Waals surface area (Å²) in [5.41, 5.74) is 0.380. The van der Waals surface area contributed by atoms with Crippen LogP contribution in [0.15, 0.2) is 29.2 Å². The summed E-state index contributed by atoms with van der Waals surface area (Å²) in [7, 11) is -3.44. The van der Waals surface area contributed by atoms with Crippen LogP contribution >= 0.6 is 0 Å². The van der Waals surface area contributed by atoms with Gasteiger partial charge in [0.25, 0.3) is 0 Å². The van der Waals surface area contributed by atoms with Crippen LogP contribution in [0.4, 0.5) is 0 Å². The van der Waals surface area contributed by atoms with Crippen LogP contribution in [0.1, 0.15) is 31.7 Å². The molecule has 19 heavy (non-hydrogen) atoms. The van der Waals surface area contributed by atoms with Gasteiger partial charge in [0.15, 0.2) is 0 Å². The number of benzene rings is 1. The van der Waals surface area contributed by atoms with Gasteiger partial charge in [-0.1, -0.05) is 19.4 Å². The monoisotopic (exact) mass is 278 g/mol. The maximum atomic E-state index is 12.5. The van der Waals surface area contributed by atoms with E-state index in [0.717, 1.165) is 19.3 Å². The molecule has 1 aliphatic rings. The minimum atomic E-state index is -3.44. The van der Waals surface area contributed by atoms with E-state index >= 15 is 0 Å². The number of hydrogen-bond donors (Lipinski definition) is 0. The van der Waals surface area contributed by atoms with Gasteiger partial charge in [0.2, 0.25) is 10.0 Å². The fraction of sp³-hybridized carbons (Fsp3) is 0.500. The first kappa shape index (κ1) is 14.0. The zero-order valence-corrected chi connectivity index (χ0v) is 11.9. The lowest BCUT2D eigenvalue weighted by Gasteiger charge is -2.16. The van der Waals surface area contributed by atoms with Gasteiger partial charge in [0.05, 0.1) is 16.5 Å². The van der Waals surface area contributed by atoms with E-state index in [4.69, 9.17) is 5.26 Å². The molecule has 0 aromatic heterocycles. The van der Waals surface area contributed by atoms with Gasteiger partial charge >= 0.3 is 0 Å². The van der Waals surface area contributed by atoms with E-state index in [2.05, 4.69) is 6.92 Å². The lowest BCUT2D eigenvalue weighted by molar-refractivity contribution is 0.444. The molecular weight excluding hydrogens is 260 g/mol. The standard InChI is InChI=1S/C14H18N2O2S/c1-2-4-12-7-8-16(11-12)19(17,18)14-6-3-5-13(9-14)10-15/h3,5-6,9,12H,2,4,7-8,11H2,1H3. The van der Waals surface area contributed by atoms with E-state index in [1.54, 1.807) is 22.5 Å². The number of rotatable bonds is 4. The number of nitriles is 1. The summed E-state index contributed by atoms with van der Waals surface area (Å²) in [5.74, 6) is 0.471. The van der Waals surface area contributed by atoms with E-state index in [1.807, 2.05) is 6.07 Å². The number of sulfonamides is 1. The van der Waals surface area contributed by atoms with Crippen molar-refractivity contribution in [3.63, 3.8) is 0 Å². The average molecular weight is 278 g/mol. The summed E-state index contributed by atoms with van der Waals surface area (Å²) >= 11 is 0. The summed E-state index contributed by atoms with van der Waals surface area (Å²) in [4.78, 5) is 0.226. The third kappa shape index (κ3) is 2.96. The molecule has 0 bridgehead atoms. The average Bonchev–Trinajstić information content (AvgIpc) is 2.88. The van der Waals surface area contributed by atoms with Crippen molar-refractivity contribution >= 4 is 10.0 Å². The highest BCUT2D eigenvalue weighted by molar-refractivity contribution is 7.89. The Morgan fingerprint density at radius 1 is 1.47 bits per heavy atom. The van der Waals surface area contributed by atoms with Crippen LogP contribution in [0.2, 0.25) is 0 Å². The highest BCUT2D eigenvalue weighted by Crippen LogP contribution is 2.27. The lowest BCUT2D eigenvalue weighted by Crippen LogP contribution is -2.28. The van der Waals surface area contributed by atoms with Crippen LogP contribution < -0.4 is 0 Å². The van der Waals surface area contributed by atoms with Crippen LogP contribution in [0.3, 0.4) is 0 Å². The van der Waals surface area contributed by atoms with Crippen LogP contribution in [0, 0.1) is 17.2 Å². The third-order valence-corrected chi connectivity index (χ3v) is 5.41. The van der Waals surface area contributed by atoms with Crippen LogP contribution in [0.5, 0.6) is 0 Å². The molecule has 1 saturated heterocycles. The molecule has 0 amide bonds. The SMILES string of the molecule is CCCC1CCN(S(=O)(=O)c2cccc(C#N)c2)C1. The fourth-order valence-corrected chi connectivity index (χ4v) is 4.11. The van der Waals surface area contributed by atoms with Crippen LogP contribution in [-0.2, 0) is 10.0 Å². The van der Waals surface area contributed by atoms with Gasteiger partial charge in [-0.25, -0.2) is 8.42 Å². The molecule has 1 aliphatic heterocycles. The second-order valence-electron chi connectivity index (χ2n) is 4.95. The van der Waals surface area contributed by atoms with Crippen molar-refractivity contribution in [1.82, 2.24) is 4.31 Å². The molecule has 0 aliphatic carbocycles. The van der Waals surface area contributed by atoms with E-state index < -0.39 is 10.0 Å². The molecule has 1 heterocycles. The molecule has 0 radical (unpaired) electrons. The Morgan fingerprint density at radius 2 is 2.26 bits per heavy atom. The Morgan fingerprint density at radius 3 is 2.95 bits per heavy atom. The number of nitrogens with zero attached hydrogens (tertiary/aromatic N) is 2. The van der Waals surface area contributed by atoms with E-state index in [1.165, 1.54) is 6.07 Å². The van der Waals surface area contributed by atoms with Crippen LogP contribution in [-0.4, -0.2) is 25.8 Å². The molecule has 1 unspecified atom stereocenters. The van der Waals surface area contributed by atoms with E-state index in [0.29, 0.717) is 24.6 Å². The maximum absolute atomic E-state index is 12.5. The van der Waals surface area contributed by atoms with Gasteiger partial charge in [-0.2, -0.15) is 9.57 Å². The van der Waals surface area contributed by atoms with Crippen molar-refractivity contribution in [3.8, 4) is 6.07 Å². The summed E-state index contributed by atoms with van der Waals surface area (Å²) in [6, 6.07) is 8.21. The molecule has 1 aromatic rings. The largest absolute Gasteiger partial charge is 0.243 e. The molecule has 102 valence electrons. The lowest BCUT2D eigenvalue weighted by atomic mass is 10.0. The Kier molecular flexibility index (Phi) is 4.23.